The van der Waals surface area contributed by atoms with E-state index in [-0.39, 0.29) is 11.6 Å². The highest BCUT2D eigenvalue weighted by atomic mass is 35.5. The van der Waals surface area contributed by atoms with Crippen molar-refractivity contribution in [3.05, 3.63) is 64.3 Å². The van der Waals surface area contributed by atoms with Gasteiger partial charge in [-0.1, -0.05) is 5.21 Å². The van der Waals surface area contributed by atoms with Crippen molar-refractivity contribution in [1.82, 2.24) is 15.0 Å². The minimum absolute atomic E-state index is 0.0228. The number of rotatable bonds is 5. The van der Waals surface area contributed by atoms with Gasteiger partial charge in [-0.15, -0.1) is 16.7 Å². The molecule has 0 spiro atoms. The molecule has 0 amide bonds. The summed E-state index contributed by atoms with van der Waals surface area (Å²) >= 11 is 5.97. The third-order valence-electron chi connectivity index (χ3n) is 3.54. The molecule has 0 aliphatic heterocycles. The summed E-state index contributed by atoms with van der Waals surface area (Å²) in [5, 5.41) is 19.1. The van der Waals surface area contributed by atoms with Gasteiger partial charge < -0.3 is 4.74 Å². The Morgan fingerprint density at radius 1 is 1.17 bits per heavy atom. The van der Waals surface area contributed by atoms with Gasteiger partial charge in [-0.3, -0.25) is 10.1 Å². The van der Waals surface area contributed by atoms with Crippen molar-refractivity contribution in [2.24, 2.45) is 0 Å². The first-order chi connectivity index (χ1) is 11.6. The van der Waals surface area contributed by atoms with Gasteiger partial charge in [-0.2, -0.15) is 0 Å². The molecule has 0 aliphatic rings. The minimum Gasteiger partial charge on any atom is -0.497 e. The molecule has 0 saturated heterocycles. The highest BCUT2D eigenvalue weighted by molar-refractivity contribution is 6.17. The van der Waals surface area contributed by atoms with E-state index in [2.05, 4.69) is 10.3 Å². The molecule has 2 aromatic carbocycles. The number of nitro benzene ring substituents is 1. The molecule has 7 nitrogen and oxygen atoms in total. The van der Waals surface area contributed by atoms with E-state index in [1.165, 1.54) is 12.1 Å². The average Bonchev–Trinajstić information content (AvgIpc) is 3.06. The molecule has 24 heavy (non-hydrogen) atoms. The van der Waals surface area contributed by atoms with Crippen LogP contribution in [-0.4, -0.2) is 27.0 Å². The van der Waals surface area contributed by atoms with Gasteiger partial charge in [0.15, 0.2) is 0 Å². The Morgan fingerprint density at radius 3 is 2.38 bits per heavy atom. The van der Waals surface area contributed by atoms with Crippen molar-refractivity contribution in [2.75, 3.05) is 7.11 Å². The van der Waals surface area contributed by atoms with Crippen LogP contribution in [0.5, 0.6) is 5.75 Å². The normalized spacial score (nSPS) is 10.6. The van der Waals surface area contributed by atoms with Crippen LogP contribution in [0.15, 0.2) is 48.5 Å². The number of aromatic nitrogens is 3. The first-order valence-corrected chi connectivity index (χ1v) is 7.57. The number of benzene rings is 2. The van der Waals surface area contributed by atoms with Gasteiger partial charge in [-0.25, -0.2) is 4.68 Å². The molecule has 0 unspecified atom stereocenters. The number of ether oxygens (including phenoxy) is 1. The predicted octanol–water partition coefficient (Wildman–Crippen LogP) is 3.59. The molecular formula is C16H13ClN4O3. The van der Waals surface area contributed by atoms with E-state index in [4.69, 9.17) is 16.3 Å². The molecule has 0 atom stereocenters. The fourth-order valence-electron chi connectivity index (χ4n) is 2.34. The Labute approximate surface area is 142 Å². The number of halogens is 1. The van der Waals surface area contributed by atoms with Crippen molar-refractivity contribution in [1.29, 1.82) is 0 Å². The standard InChI is InChI=1S/C16H13ClN4O3/c1-24-14-8-6-12(7-9-14)20-16(15(10-17)18-19-20)11-2-4-13(5-3-11)21(22)23/h2-9H,10H2,1H3. The molecule has 0 aliphatic carbocycles. The minimum atomic E-state index is -0.439. The number of nitrogens with zero attached hydrogens (tertiary/aromatic N) is 4. The monoisotopic (exact) mass is 344 g/mol. The lowest BCUT2D eigenvalue weighted by atomic mass is 10.1. The summed E-state index contributed by atoms with van der Waals surface area (Å²) in [4.78, 5) is 10.4. The Hall–Kier alpha value is -2.93. The van der Waals surface area contributed by atoms with Gasteiger partial charge in [0.2, 0.25) is 0 Å². The summed E-state index contributed by atoms with van der Waals surface area (Å²) in [7, 11) is 1.60. The van der Waals surface area contributed by atoms with E-state index < -0.39 is 4.92 Å². The van der Waals surface area contributed by atoms with Crippen molar-refractivity contribution in [3.8, 4) is 22.7 Å². The van der Waals surface area contributed by atoms with Crippen LogP contribution in [0.3, 0.4) is 0 Å². The fraction of sp³-hybridized carbons (Fsp3) is 0.125. The molecule has 0 fully saturated rings. The summed E-state index contributed by atoms with van der Waals surface area (Å²) in [5.41, 5.74) is 2.85. The van der Waals surface area contributed by atoms with E-state index in [9.17, 15) is 10.1 Å². The number of methoxy groups -OCH3 is 1. The predicted molar refractivity (Wildman–Crippen MR) is 89.6 cm³/mol. The summed E-state index contributed by atoms with van der Waals surface area (Å²) < 4.78 is 6.80. The second kappa shape index (κ2) is 6.67. The van der Waals surface area contributed by atoms with Crippen LogP contribution in [-0.2, 0) is 5.88 Å². The number of hydrogen-bond acceptors (Lipinski definition) is 5. The van der Waals surface area contributed by atoms with Gasteiger partial charge in [0.1, 0.15) is 11.4 Å². The highest BCUT2D eigenvalue weighted by Crippen LogP contribution is 2.28. The molecule has 8 heteroatoms. The largest absolute Gasteiger partial charge is 0.497 e. The topological polar surface area (TPSA) is 83.1 Å². The third-order valence-corrected chi connectivity index (χ3v) is 3.79. The Morgan fingerprint density at radius 2 is 1.83 bits per heavy atom. The average molecular weight is 345 g/mol. The zero-order valence-corrected chi connectivity index (χ0v) is 13.5. The van der Waals surface area contributed by atoms with Crippen molar-refractivity contribution >= 4 is 17.3 Å². The first-order valence-electron chi connectivity index (χ1n) is 7.04. The second-order valence-electron chi connectivity index (χ2n) is 4.93. The van der Waals surface area contributed by atoms with E-state index in [1.54, 1.807) is 23.9 Å². The molecule has 3 rings (SSSR count). The van der Waals surface area contributed by atoms with Crippen LogP contribution in [0, 0.1) is 10.1 Å². The molecular weight excluding hydrogens is 332 g/mol. The van der Waals surface area contributed by atoms with Crippen molar-refractivity contribution in [2.45, 2.75) is 5.88 Å². The maximum atomic E-state index is 10.8. The molecule has 1 heterocycles. The number of alkyl halides is 1. The van der Waals surface area contributed by atoms with Crippen LogP contribution in [0.2, 0.25) is 0 Å². The van der Waals surface area contributed by atoms with Gasteiger partial charge in [0, 0.05) is 17.7 Å². The summed E-state index contributed by atoms with van der Waals surface area (Å²) in [5.74, 6) is 0.913. The molecule has 122 valence electrons. The Bertz CT molecular complexity index is 860. The summed E-state index contributed by atoms with van der Waals surface area (Å²) in [6, 6.07) is 13.5. The lowest BCUT2D eigenvalue weighted by molar-refractivity contribution is -0.384. The molecule has 0 radical (unpaired) electrons. The third kappa shape index (κ3) is 2.93. The van der Waals surface area contributed by atoms with E-state index >= 15 is 0 Å². The van der Waals surface area contributed by atoms with Gasteiger partial charge in [0.05, 0.1) is 29.3 Å². The first kappa shape index (κ1) is 15.9. The van der Waals surface area contributed by atoms with Gasteiger partial charge >= 0.3 is 0 Å². The van der Waals surface area contributed by atoms with Gasteiger partial charge in [0.25, 0.3) is 5.69 Å². The van der Waals surface area contributed by atoms with Crippen LogP contribution in [0.25, 0.3) is 16.9 Å². The van der Waals surface area contributed by atoms with Crippen LogP contribution in [0.1, 0.15) is 5.69 Å². The SMILES string of the molecule is COc1ccc(-n2nnc(CCl)c2-c2ccc([N+](=O)[O-])cc2)cc1. The van der Waals surface area contributed by atoms with Crippen LogP contribution >= 0.6 is 11.6 Å². The maximum absolute atomic E-state index is 10.8. The number of hydrogen-bond donors (Lipinski definition) is 0. The van der Waals surface area contributed by atoms with Crippen LogP contribution < -0.4 is 4.74 Å². The fourth-order valence-corrected chi connectivity index (χ4v) is 2.52. The maximum Gasteiger partial charge on any atom is 0.269 e. The Balaban J connectivity index is 2.08. The Kier molecular flexibility index (Phi) is 4.43. The molecule has 3 aromatic rings. The lowest BCUT2D eigenvalue weighted by Gasteiger charge is -2.08. The van der Waals surface area contributed by atoms with E-state index in [0.29, 0.717) is 11.4 Å². The smallest absolute Gasteiger partial charge is 0.269 e. The zero-order chi connectivity index (χ0) is 17.1. The zero-order valence-electron chi connectivity index (χ0n) is 12.7. The number of non-ortho nitro benzene ring substituents is 1. The van der Waals surface area contributed by atoms with Gasteiger partial charge in [-0.05, 0) is 36.4 Å². The molecule has 0 saturated carbocycles. The summed E-state index contributed by atoms with van der Waals surface area (Å²) in [6.45, 7) is 0. The lowest BCUT2D eigenvalue weighted by Crippen LogP contribution is -2.00. The van der Waals surface area contributed by atoms with Crippen molar-refractivity contribution < 1.29 is 9.66 Å². The summed E-state index contributed by atoms with van der Waals surface area (Å²) in [6.07, 6.45) is 0. The second-order valence-corrected chi connectivity index (χ2v) is 5.20. The van der Waals surface area contributed by atoms with E-state index in [1.807, 2.05) is 24.3 Å². The highest BCUT2D eigenvalue weighted by Gasteiger charge is 2.17. The van der Waals surface area contributed by atoms with E-state index in [0.717, 1.165) is 17.0 Å². The molecule has 1 aromatic heterocycles. The van der Waals surface area contributed by atoms with Crippen molar-refractivity contribution in [3.63, 3.8) is 0 Å². The quantitative estimate of drug-likeness (QED) is 0.401. The molecule has 0 bridgehead atoms. The number of nitro groups is 1. The molecule has 0 N–H and O–H groups in total. The van der Waals surface area contributed by atoms with Crippen LogP contribution in [0.4, 0.5) is 5.69 Å².